The maximum atomic E-state index is 14.3. The minimum Gasteiger partial charge on any atom is -0.345 e. The maximum absolute atomic E-state index is 14.3. The van der Waals surface area contributed by atoms with Gasteiger partial charge in [0.25, 0.3) is 5.91 Å². The van der Waals surface area contributed by atoms with E-state index in [9.17, 15) is 14.0 Å². The van der Waals surface area contributed by atoms with Crippen LogP contribution in [0.2, 0.25) is 0 Å². The highest BCUT2D eigenvalue weighted by Crippen LogP contribution is 2.29. The fraction of sp³-hybridized carbons (Fsp3) is 0.450. The normalized spacial score (nSPS) is 23.5. The average molecular weight is 355 g/mol. The summed E-state index contributed by atoms with van der Waals surface area (Å²) in [4.78, 5) is 31.0. The second-order valence-corrected chi connectivity index (χ2v) is 7.21. The number of benzene rings is 1. The average Bonchev–Trinajstić information content (AvgIpc) is 2.61. The first-order valence-corrected chi connectivity index (χ1v) is 9.20. The predicted octanol–water partition coefficient (Wildman–Crippen LogP) is 2.70. The minimum absolute atomic E-state index is 0.0917. The summed E-state index contributed by atoms with van der Waals surface area (Å²) in [6.45, 7) is 0.677. The lowest BCUT2D eigenvalue weighted by molar-refractivity contribution is -0.140. The Hall–Kier alpha value is -2.50. The molecule has 1 N–H and O–H groups in total. The molecule has 0 unspecified atom stereocenters. The van der Waals surface area contributed by atoms with Gasteiger partial charge in [0.05, 0.1) is 11.6 Å². The van der Waals surface area contributed by atoms with Gasteiger partial charge in [0.15, 0.2) is 0 Å². The number of rotatable bonds is 3. The van der Waals surface area contributed by atoms with Gasteiger partial charge in [-0.05, 0) is 37.5 Å². The molecule has 1 saturated heterocycles. The monoisotopic (exact) mass is 355 g/mol. The number of fused-ring (bicyclic) bond motifs is 1. The van der Waals surface area contributed by atoms with Gasteiger partial charge in [-0.3, -0.25) is 14.6 Å². The topological polar surface area (TPSA) is 62.3 Å². The summed E-state index contributed by atoms with van der Waals surface area (Å²) in [5.41, 5.74) is 1.17. The van der Waals surface area contributed by atoms with Crippen LogP contribution in [0.3, 0.4) is 0 Å². The van der Waals surface area contributed by atoms with Gasteiger partial charge in [-0.15, -0.1) is 0 Å². The number of aromatic nitrogens is 1. The molecular weight excluding hydrogens is 333 g/mol. The molecule has 2 fully saturated rings. The second-order valence-electron chi connectivity index (χ2n) is 7.21. The Morgan fingerprint density at radius 2 is 2.04 bits per heavy atom. The first-order chi connectivity index (χ1) is 12.6. The van der Waals surface area contributed by atoms with Crippen molar-refractivity contribution in [2.45, 2.75) is 37.9 Å². The van der Waals surface area contributed by atoms with Crippen molar-refractivity contribution in [2.75, 3.05) is 13.1 Å². The van der Waals surface area contributed by atoms with Gasteiger partial charge in [0.1, 0.15) is 6.17 Å². The van der Waals surface area contributed by atoms with Crippen molar-refractivity contribution in [3.8, 4) is 0 Å². The number of amides is 2. The third-order valence-corrected chi connectivity index (χ3v) is 5.48. The number of nitrogens with one attached hydrogen (secondary N) is 1. The van der Waals surface area contributed by atoms with Gasteiger partial charge < -0.3 is 10.2 Å². The summed E-state index contributed by atoms with van der Waals surface area (Å²) in [6.07, 6.45) is 3.75. The first kappa shape index (κ1) is 16.9. The summed E-state index contributed by atoms with van der Waals surface area (Å²) in [5.74, 6) is -0.130. The molecular formula is C20H22FN3O2. The Labute approximate surface area is 151 Å². The van der Waals surface area contributed by atoms with E-state index in [-0.39, 0.29) is 30.7 Å². The number of carbonyl (C=O) groups is 2. The molecule has 1 aromatic heterocycles. The lowest BCUT2D eigenvalue weighted by Crippen LogP contribution is -2.56. The molecule has 136 valence electrons. The number of carbonyl (C=O) groups excluding carboxylic acids is 2. The molecule has 1 aromatic carbocycles. The van der Waals surface area contributed by atoms with Crippen LogP contribution in [0.5, 0.6) is 0 Å². The molecule has 0 radical (unpaired) electrons. The highest BCUT2D eigenvalue weighted by molar-refractivity contribution is 5.98. The van der Waals surface area contributed by atoms with E-state index in [2.05, 4.69) is 10.3 Å². The largest absolute Gasteiger partial charge is 0.345 e. The fourth-order valence-corrected chi connectivity index (χ4v) is 3.63. The third kappa shape index (κ3) is 3.28. The standard InChI is InChI=1S/C20H22FN3O2/c21-16-8-10-24(20(26)14-3-1-4-14)12-18(16)23-19(25)15-7-6-13-5-2-9-22-17(13)11-15/h2,5-7,9,11,14,16,18H,1,3-4,8,10,12H2,(H,23,25)/t16-,18-/m1/s1. The zero-order valence-electron chi connectivity index (χ0n) is 14.5. The van der Waals surface area contributed by atoms with E-state index in [1.807, 2.05) is 18.2 Å². The Bertz CT molecular complexity index is 837. The number of alkyl halides is 1. The van der Waals surface area contributed by atoms with Crippen LogP contribution in [0.1, 0.15) is 36.0 Å². The van der Waals surface area contributed by atoms with Crippen LogP contribution in [0, 0.1) is 5.92 Å². The summed E-state index contributed by atoms with van der Waals surface area (Å²) in [7, 11) is 0. The molecule has 6 heteroatoms. The molecule has 1 saturated carbocycles. The molecule has 4 rings (SSSR count). The van der Waals surface area contributed by atoms with E-state index in [1.54, 1.807) is 23.2 Å². The number of likely N-dealkylation sites (tertiary alicyclic amines) is 1. The quantitative estimate of drug-likeness (QED) is 0.921. The highest BCUT2D eigenvalue weighted by Gasteiger charge is 2.36. The van der Waals surface area contributed by atoms with Crippen LogP contribution in [-0.2, 0) is 4.79 Å². The third-order valence-electron chi connectivity index (χ3n) is 5.48. The Morgan fingerprint density at radius 1 is 1.19 bits per heavy atom. The van der Waals surface area contributed by atoms with Gasteiger partial charge in [-0.25, -0.2) is 4.39 Å². The summed E-state index contributed by atoms with van der Waals surface area (Å²) in [6, 6.07) is 8.35. The van der Waals surface area contributed by atoms with E-state index in [4.69, 9.17) is 0 Å². The SMILES string of the molecule is O=C(N[C@@H]1CN(C(=O)C2CCC2)CC[C@H]1F)c1ccc2cccnc2c1. The van der Waals surface area contributed by atoms with Gasteiger partial charge in [-0.2, -0.15) is 0 Å². The molecule has 0 bridgehead atoms. The lowest BCUT2D eigenvalue weighted by Gasteiger charge is -2.38. The molecule has 0 spiro atoms. The molecule has 26 heavy (non-hydrogen) atoms. The molecule has 1 aliphatic carbocycles. The minimum atomic E-state index is -1.14. The molecule has 5 nitrogen and oxygen atoms in total. The van der Waals surface area contributed by atoms with E-state index < -0.39 is 12.2 Å². The maximum Gasteiger partial charge on any atom is 0.251 e. The van der Waals surface area contributed by atoms with Crippen molar-refractivity contribution in [2.24, 2.45) is 5.92 Å². The lowest BCUT2D eigenvalue weighted by atomic mass is 9.84. The van der Waals surface area contributed by atoms with Crippen LogP contribution in [0.4, 0.5) is 4.39 Å². The Morgan fingerprint density at radius 3 is 2.81 bits per heavy atom. The zero-order valence-corrected chi connectivity index (χ0v) is 14.5. The summed E-state index contributed by atoms with van der Waals surface area (Å²) < 4.78 is 14.3. The number of halogens is 1. The van der Waals surface area contributed by atoms with Crippen LogP contribution in [0.25, 0.3) is 10.9 Å². The van der Waals surface area contributed by atoms with Crippen LogP contribution in [0.15, 0.2) is 36.5 Å². The Balaban J connectivity index is 1.45. The highest BCUT2D eigenvalue weighted by atomic mass is 19.1. The summed E-state index contributed by atoms with van der Waals surface area (Å²) >= 11 is 0. The van der Waals surface area contributed by atoms with Gasteiger partial charge in [0, 0.05) is 36.2 Å². The molecule has 2 atom stereocenters. The van der Waals surface area contributed by atoms with E-state index in [0.717, 1.165) is 30.2 Å². The van der Waals surface area contributed by atoms with E-state index >= 15 is 0 Å². The molecule has 2 amide bonds. The molecule has 2 heterocycles. The van der Waals surface area contributed by atoms with E-state index in [1.165, 1.54) is 0 Å². The van der Waals surface area contributed by atoms with Crippen molar-refractivity contribution in [1.29, 1.82) is 0 Å². The number of pyridine rings is 1. The first-order valence-electron chi connectivity index (χ1n) is 9.20. The number of hydrogen-bond donors (Lipinski definition) is 1. The molecule has 2 aliphatic rings. The van der Waals surface area contributed by atoms with Crippen molar-refractivity contribution < 1.29 is 14.0 Å². The molecule has 1 aliphatic heterocycles. The van der Waals surface area contributed by atoms with Gasteiger partial charge in [0.2, 0.25) is 5.91 Å². The Kier molecular flexibility index (Phi) is 4.57. The van der Waals surface area contributed by atoms with E-state index in [0.29, 0.717) is 12.1 Å². The van der Waals surface area contributed by atoms with Crippen LogP contribution >= 0.6 is 0 Å². The van der Waals surface area contributed by atoms with Crippen molar-refractivity contribution in [3.63, 3.8) is 0 Å². The van der Waals surface area contributed by atoms with Crippen molar-refractivity contribution in [1.82, 2.24) is 15.2 Å². The van der Waals surface area contributed by atoms with Crippen LogP contribution < -0.4 is 5.32 Å². The van der Waals surface area contributed by atoms with Gasteiger partial charge in [-0.1, -0.05) is 18.6 Å². The second kappa shape index (κ2) is 7.02. The summed E-state index contributed by atoms with van der Waals surface area (Å²) in [5, 5.41) is 3.72. The van der Waals surface area contributed by atoms with Crippen molar-refractivity contribution >= 4 is 22.7 Å². The zero-order chi connectivity index (χ0) is 18.1. The van der Waals surface area contributed by atoms with Crippen molar-refractivity contribution in [3.05, 3.63) is 42.1 Å². The van der Waals surface area contributed by atoms with Gasteiger partial charge >= 0.3 is 0 Å². The predicted molar refractivity (Wildman–Crippen MR) is 96.4 cm³/mol. The fourth-order valence-electron chi connectivity index (χ4n) is 3.63. The smallest absolute Gasteiger partial charge is 0.251 e. The molecule has 2 aromatic rings. The number of nitrogens with zero attached hydrogens (tertiary/aromatic N) is 2. The van der Waals surface area contributed by atoms with Crippen LogP contribution in [-0.4, -0.2) is 47.0 Å². The number of hydrogen-bond acceptors (Lipinski definition) is 3. The number of piperidine rings is 1.